The van der Waals surface area contributed by atoms with Crippen molar-refractivity contribution in [3.8, 4) is 5.75 Å². The first-order chi connectivity index (χ1) is 9.61. The molecule has 0 aliphatic rings. The van der Waals surface area contributed by atoms with E-state index in [-0.39, 0.29) is 17.3 Å². The first-order valence-corrected chi connectivity index (χ1v) is 6.88. The Morgan fingerprint density at radius 1 is 1.55 bits per heavy atom. The number of nitro groups is 1. The summed E-state index contributed by atoms with van der Waals surface area (Å²) in [6.45, 7) is 2.92. The molecule has 0 amide bonds. The monoisotopic (exact) mass is 314 g/mol. The van der Waals surface area contributed by atoms with E-state index in [1.54, 1.807) is 0 Å². The average molecular weight is 315 g/mol. The maximum absolute atomic E-state index is 10.6. The van der Waals surface area contributed by atoms with E-state index < -0.39 is 4.92 Å². The van der Waals surface area contributed by atoms with Gasteiger partial charge in [0.05, 0.1) is 9.95 Å². The fraction of sp³-hybridized carbons (Fsp3) is 0.273. The van der Waals surface area contributed by atoms with E-state index in [0.29, 0.717) is 11.4 Å². The first-order valence-electron chi connectivity index (χ1n) is 5.73. The second kappa shape index (κ2) is 6.49. The van der Waals surface area contributed by atoms with Gasteiger partial charge in [-0.2, -0.15) is 0 Å². The Morgan fingerprint density at radius 3 is 3.00 bits per heavy atom. The van der Waals surface area contributed by atoms with E-state index in [1.165, 1.54) is 29.7 Å². The molecule has 1 aromatic heterocycles. The van der Waals surface area contributed by atoms with Gasteiger partial charge in [-0.05, 0) is 13.0 Å². The molecular weight excluding hydrogens is 304 g/mol. The molecule has 1 aromatic carbocycles. The van der Waals surface area contributed by atoms with E-state index >= 15 is 0 Å². The van der Waals surface area contributed by atoms with Crippen LogP contribution in [0.4, 0.5) is 10.7 Å². The summed E-state index contributed by atoms with van der Waals surface area (Å²) in [4.78, 5) is 10.1. The molecule has 1 heterocycles. The number of hydrogen-bond donors (Lipinski definition) is 1. The Kier molecular flexibility index (Phi) is 4.70. The van der Waals surface area contributed by atoms with Gasteiger partial charge in [0.1, 0.15) is 23.1 Å². The SMILES string of the molecule is CCNc1snnc1COc1ccc([N+](=O)[O-])cc1Cl. The predicted molar refractivity (Wildman–Crippen MR) is 76.5 cm³/mol. The predicted octanol–water partition coefficient (Wildman–Crippen LogP) is 3.11. The summed E-state index contributed by atoms with van der Waals surface area (Å²) >= 11 is 7.18. The molecule has 7 nitrogen and oxygen atoms in total. The lowest BCUT2D eigenvalue weighted by atomic mass is 10.3. The van der Waals surface area contributed by atoms with Gasteiger partial charge in [0.2, 0.25) is 0 Å². The van der Waals surface area contributed by atoms with E-state index in [1.807, 2.05) is 6.92 Å². The van der Waals surface area contributed by atoms with Crippen LogP contribution < -0.4 is 10.1 Å². The number of aromatic nitrogens is 2. The smallest absolute Gasteiger partial charge is 0.271 e. The minimum Gasteiger partial charge on any atom is -0.486 e. The molecule has 0 spiro atoms. The summed E-state index contributed by atoms with van der Waals surface area (Å²) in [6.07, 6.45) is 0. The lowest BCUT2D eigenvalue weighted by molar-refractivity contribution is -0.384. The van der Waals surface area contributed by atoms with Crippen molar-refractivity contribution in [1.82, 2.24) is 9.59 Å². The van der Waals surface area contributed by atoms with Crippen molar-refractivity contribution in [2.45, 2.75) is 13.5 Å². The molecule has 0 aliphatic carbocycles. The molecular formula is C11H11ClN4O3S. The maximum Gasteiger partial charge on any atom is 0.271 e. The molecule has 2 rings (SSSR count). The molecule has 9 heteroatoms. The van der Waals surface area contributed by atoms with Crippen molar-refractivity contribution in [3.63, 3.8) is 0 Å². The van der Waals surface area contributed by atoms with Crippen LogP contribution >= 0.6 is 23.1 Å². The van der Waals surface area contributed by atoms with E-state index in [4.69, 9.17) is 16.3 Å². The zero-order chi connectivity index (χ0) is 14.5. The minimum atomic E-state index is -0.511. The quantitative estimate of drug-likeness (QED) is 0.650. The zero-order valence-electron chi connectivity index (χ0n) is 10.5. The third-order valence-corrected chi connectivity index (χ3v) is 3.40. The van der Waals surface area contributed by atoms with E-state index in [9.17, 15) is 10.1 Å². The molecule has 0 fully saturated rings. The highest BCUT2D eigenvalue weighted by Crippen LogP contribution is 2.29. The van der Waals surface area contributed by atoms with Crippen molar-refractivity contribution in [1.29, 1.82) is 0 Å². The molecule has 0 bridgehead atoms. The molecule has 0 unspecified atom stereocenters. The molecule has 0 saturated heterocycles. The van der Waals surface area contributed by atoms with Gasteiger partial charge in [-0.15, -0.1) is 5.10 Å². The topological polar surface area (TPSA) is 90.2 Å². The number of nitro benzene ring substituents is 1. The van der Waals surface area contributed by atoms with Gasteiger partial charge in [0.15, 0.2) is 0 Å². The fourth-order valence-corrected chi connectivity index (χ4v) is 2.33. The lowest BCUT2D eigenvalue weighted by Crippen LogP contribution is -2.02. The summed E-state index contributed by atoms with van der Waals surface area (Å²) < 4.78 is 9.35. The van der Waals surface area contributed by atoms with Crippen LogP contribution in [0.1, 0.15) is 12.6 Å². The Bertz CT molecular complexity index is 619. The molecule has 0 atom stereocenters. The van der Waals surface area contributed by atoms with Crippen LogP contribution in [0.15, 0.2) is 18.2 Å². The van der Waals surface area contributed by atoms with Crippen LogP contribution in [-0.4, -0.2) is 21.1 Å². The van der Waals surface area contributed by atoms with E-state index in [2.05, 4.69) is 14.9 Å². The Balaban J connectivity index is 2.07. The standard InChI is InChI=1S/C11H11ClN4O3S/c1-2-13-11-9(14-15-20-11)6-19-10-4-3-7(16(17)18)5-8(10)12/h3-5,13H,2,6H2,1H3. The molecule has 0 saturated carbocycles. The van der Waals surface area contributed by atoms with Crippen molar-refractivity contribution in [2.75, 3.05) is 11.9 Å². The summed E-state index contributed by atoms with van der Waals surface area (Å²) in [5.74, 6) is 0.368. The van der Waals surface area contributed by atoms with Gasteiger partial charge in [-0.1, -0.05) is 16.1 Å². The number of benzene rings is 1. The number of rotatable bonds is 6. The van der Waals surface area contributed by atoms with Gasteiger partial charge in [0.25, 0.3) is 5.69 Å². The lowest BCUT2D eigenvalue weighted by Gasteiger charge is -2.07. The van der Waals surface area contributed by atoms with Gasteiger partial charge < -0.3 is 10.1 Å². The molecule has 20 heavy (non-hydrogen) atoms. The number of ether oxygens (including phenoxy) is 1. The third kappa shape index (κ3) is 3.34. The Hall–Kier alpha value is -1.93. The molecule has 0 radical (unpaired) electrons. The van der Waals surface area contributed by atoms with Crippen molar-refractivity contribution < 1.29 is 9.66 Å². The number of nitrogens with one attached hydrogen (secondary N) is 1. The Labute approximate surface area is 123 Å². The van der Waals surface area contributed by atoms with Crippen LogP contribution in [0.3, 0.4) is 0 Å². The highest BCUT2D eigenvalue weighted by molar-refractivity contribution is 7.10. The zero-order valence-corrected chi connectivity index (χ0v) is 12.1. The largest absolute Gasteiger partial charge is 0.486 e. The van der Waals surface area contributed by atoms with Crippen LogP contribution in [0.2, 0.25) is 5.02 Å². The van der Waals surface area contributed by atoms with Crippen molar-refractivity contribution in [3.05, 3.63) is 39.0 Å². The molecule has 1 N–H and O–H groups in total. The molecule has 0 aliphatic heterocycles. The summed E-state index contributed by atoms with van der Waals surface area (Å²) in [5.41, 5.74) is 0.595. The fourth-order valence-electron chi connectivity index (χ4n) is 1.46. The van der Waals surface area contributed by atoms with Crippen LogP contribution in [0.25, 0.3) is 0 Å². The van der Waals surface area contributed by atoms with Crippen LogP contribution in [-0.2, 0) is 6.61 Å². The number of nitrogens with zero attached hydrogens (tertiary/aromatic N) is 3. The number of anilines is 1. The summed E-state index contributed by atoms with van der Waals surface area (Å²) in [5, 5.41) is 18.7. The number of halogens is 1. The maximum atomic E-state index is 10.6. The third-order valence-electron chi connectivity index (χ3n) is 2.38. The van der Waals surface area contributed by atoms with Gasteiger partial charge >= 0.3 is 0 Å². The van der Waals surface area contributed by atoms with E-state index in [0.717, 1.165) is 11.5 Å². The number of non-ortho nitro benzene ring substituents is 1. The normalized spacial score (nSPS) is 10.3. The second-order valence-corrected chi connectivity index (χ2v) is 4.90. The summed E-state index contributed by atoms with van der Waals surface area (Å²) in [7, 11) is 0. The average Bonchev–Trinajstić information content (AvgIpc) is 2.85. The molecule has 2 aromatic rings. The number of hydrogen-bond acceptors (Lipinski definition) is 7. The highest BCUT2D eigenvalue weighted by atomic mass is 35.5. The van der Waals surface area contributed by atoms with Gasteiger partial charge in [-0.25, -0.2) is 0 Å². The van der Waals surface area contributed by atoms with Crippen molar-refractivity contribution >= 4 is 33.8 Å². The van der Waals surface area contributed by atoms with Gasteiger partial charge in [0, 0.05) is 30.2 Å². The second-order valence-electron chi connectivity index (χ2n) is 3.74. The summed E-state index contributed by atoms with van der Waals surface area (Å²) in [6, 6.07) is 4.06. The highest BCUT2D eigenvalue weighted by Gasteiger charge is 2.12. The molecule has 106 valence electrons. The first kappa shape index (κ1) is 14.5. The van der Waals surface area contributed by atoms with Gasteiger partial charge in [-0.3, -0.25) is 10.1 Å². The van der Waals surface area contributed by atoms with Crippen LogP contribution in [0, 0.1) is 10.1 Å². The van der Waals surface area contributed by atoms with Crippen molar-refractivity contribution in [2.24, 2.45) is 0 Å². The Morgan fingerprint density at radius 2 is 2.35 bits per heavy atom. The minimum absolute atomic E-state index is 0.0778. The van der Waals surface area contributed by atoms with Crippen LogP contribution in [0.5, 0.6) is 5.75 Å².